The molecule has 2 N–H and O–H groups in total. The highest BCUT2D eigenvalue weighted by atomic mass is 32.2. The van der Waals surface area contributed by atoms with Crippen molar-refractivity contribution < 1.29 is 9.18 Å². The first-order valence-electron chi connectivity index (χ1n) is 12.3. The Labute approximate surface area is 221 Å². The third kappa shape index (κ3) is 4.96. The number of halogens is 1. The Morgan fingerprint density at radius 2 is 1.84 bits per heavy atom. The summed E-state index contributed by atoms with van der Waals surface area (Å²) in [5.41, 5.74) is 3.50. The van der Waals surface area contributed by atoms with E-state index < -0.39 is 5.82 Å². The number of benzene rings is 2. The second-order valence-electron chi connectivity index (χ2n) is 9.04. The minimum absolute atomic E-state index is 0.159. The van der Waals surface area contributed by atoms with Crippen molar-refractivity contribution in [3.05, 3.63) is 82.4 Å². The van der Waals surface area contributed by atoms with E-state index in [1.54, 1.807) is 36.0 Å². The summed E-state index contributed by atoms with van der Waals surface area (Å²) in [5.74, 6) is 0.809. The Kier molecular flexibility index (Phi) is 7.63. The first kappa shape index (κ1) is 26.3. The quantitative estimate of drug-likeness (QED) is 0.312. The van der Waals surface area contributed by atoms with Gasteiger partial charge in [0, 0.05) is 30.6 Å². The van der Waals surface area contributed by atoms with Gasteiger partial charge in [0.15, 0.2) is 0 Å². The third-order valence-electron chi connectivity index (χ3n) is 6.46. The number of amides is 2. The van der Waals surface area contributed by atoms with Crippen LogP contribution in [0.25, 0.3) is 5.70 Å². The number of urea groups is 1. The van der Waals surface area contributed by atoms with Crippen LogP contribution >= 0.6 is 11.9 Å². The molecule has 0 fully saturated rings. The molecule has 0 saturated carbocycles. The normalized spacial score (nSPS) is 14.0. The summed E-state index contributed by atoms with van der Waals surface area (Å²) in [6.07, 6.45) is 0.698. The molecule has 1 aliphatic rings. The smallest absolute Gasteiger partial charge is 0.335 e. The van der Waals surface area contributed by atoms with Gasteiger partial charge in [-0.05, 0) is 56.2 Å². The maximum atomic E-state index is 14.8. The highest BCUT2D eigenvalue weighted by Crippen LogP contribution is 2.44. The van der Waals surface area contributed by atoms with Crippen molar-refractivity contribution in [1.29, 1.82) is 0 Å². The van der Waals surface area contributed by atoms with Gasteiger partial charge >= 0.3 is 6.03 Å². The molecule has 0 spiro atoms. The van der Waals surface area contributed by atoms with E-state index in [4.69, 9.17) is 0 Å². The lowest BCUT2D eigenvalue weighted by Gasteiger charge is -2.42. The summed E-state index contributed by atoms with van der Waals surface area (Å²) < 4.78 is 19.5. The van der Waals surface area contributed by atoms with Crippen molar-refractivity contribution >= 4 is 52.2 Å². The van der Waals surface area contributed by atoms with E-state index in [1.165, 1.54) is 21.6 Å². The average Bonchev–Trinajstić information content (AvgIpc) is 2.87. The summed E-state index contributed by atoms with van der Waals surface area (Å²) in [5, 5.41) is 3.10. The molecule has 0 radical (unpaired) electrons. The van der Waals surface area contributed by atoms with Gasteiger partial charge in [-0.15, -0.1) is 0 Å². The van der Waals surface area contributed by atoms with Gasteiger partial charge in [0.05, 0.1) is 28.3 Å². The van der Waals surface area contributed by atoms with Crippen LogP contribution in [0.3, 0.4) is 0 Å². The highest BCUT2D eigenvalue weighted by molar-refractivity contribution is 8.00. The Hall–Kier alpha value is -3.72. The van der Waals surface area contributed by atoms with Gasteiger partial charge in [-0.3, -0.25) is 14.3 Å². The number of pyridine rings is 1. The Balaban J connectivity index is 1.96. The fourth-order valence-electron chi connectivity index (χ4n) is 4.36. The molecule has 1 aliphatic heterocycles. The number of rotatable bonds is 8. The third-order valence-corrected chi connectivity index (χ3v) is 7.13. The van der Waals surface area contributed by atoms with Gasteiger partial charge < -0.3 is 10.0 Å². The Morgan fingerprint density at radius 3 is 2.51 bits per heavy atom. The monoisotopic (exact) mass is 521 g/mol. The molecule has 2 heterocycles. The molecule has 3 aromatic rings. The molecule has 0 saturated heterocycles. The first-order valence-corrected chi connectivity index (χ1v) is 13.2. The molecule has 4 rings (SSSR count). The molecular weight excluding hydrogens is 489 g/mol. The van der Waals surface area contributed by atoms with E-state index in [-0.39, 0.29) is 23.3 Å². The summed E-state index contributed by atoms with van der Waals surface area (Å²) in [6, 6.07) is 13.3. The molecule has 0 aliphatic carbocycles. The molecule has 0 bridgehead atoms. The van der Waals surface area contributed by atoms with E-state index in [2.05, 4.69) is 16.6 Å². The van der Waals surface area contributed by atoms with Crippen molar-refractivity contribution in [3.63, 3.8) is 0 Å². The predicted molar refractivity (Wildman–Crippen MR) is 152 cm³/mol. The van der Waals surface area contributed by atoms with Crippen molar-refractivity contribution in [1.82, 2.24) is 9.47 Å². The molecule has 1 aromatic heterocycles. The van der Waals surface area contributed by atoms with Gasteiger partial charge in [0.2, 0.25) is 0 Å². The van der Waals surface area contributed by atoms with Crippen LogP contribution in [0.4, 0.5) is 37.8 Å². The van der Waals surface area contributed by atoms with Crippen LogP contribution < -0.4 is 20.5 Å². The maximum absolute atomic E-state index is 14.8. The number of hydrogen-bond acceptors (Lipinski definition) is 5. The van der Waals surface area contributed by atoms with Gasteiger partial charge in [0.25, 0.3) is 5.56 Å². The van der Waals surface area contributed by atoms with Crippen LogP contribution in [-0.4, -0.2) is 27.3 Å². The van der Waals surface area contributed by atoms with Crippen molar-refractivity contribution in [2.45, 2.75) is 40.2 Å². The van der Waals surface area contributed by atoms with Crippen molar-refractivity contribution in [2.75, 3.05) is 20.7 Å². The SMILES string of the molecule is C=C1c2c(Nc3ccc(C)cc3F)cc(=O)n(C)c2N(c2cccc(NSCC)c2)C(=O)N1C(C)CC. The molecule has 7 nitrogen and oxygen atoms in total. The number of nitrogens with one attached hydrogen (secondary N) is 2. The number of nitrogens with zero attached hydrogens (tertiary/aromatic N) is 3. The number of aryl methyl sites for hydroxylation is 1. The van der Waals surface area contributed by atoms with E-state index in [0.29, 0.717) is 34.9 Å². The predicted octanol–water partition coefficient (Wildman–Crippen LogP) is 7.00. The zero-order valence-electron chi connectivity index (χ0n) is 21.8. The van der Waals surface area contributed by atoms with Crippen LogP contribution in [0, 0.1) is 12.7 Å². The average molecular weight is 522 g/mol. The largest absolute Gasteiger partial charge is 0.352 e. The van der Waals surface area contributed by atoms with Crippen LogP contribution in [-0.2, 0) is 7.05 Å². The van der Waals surface area contributed by atoms with Crippen LogP contribution in [0.2, 0.25) is 0 Å². The molecule has 2 aromatic carbocycles. The van der Waals surface area contributed by atoms with Crippen LogP contribution in [0.1, 0.15) is 38.3 Å². The molecule has 1 unspecified atom stereocenters. The number of carbonyl (C=O) groups excluding carboxylic acids is 1. The van der Waals surface area contributed by atoms with E-state index in [1.807, 2.05) is 52.0 Å². The zero-order valence-corrected chi connectivity index (χ0v) is 22.6. The van der Waals surface area contributed by atoms with E-state index in [0.717, 1.165) is 17.0 Å². The van der Waals surface area contributed by atoms with Crippen LogP contribution in [0.5, 0.6) is 0 Å². The summed E-state index contributed by atoms with van der Waals surface area (Å²) in [6.45, 7) is 12.1. The van der Waals surface area contributed by atoms with Gasteiger partial charge in [-0.2, -0.15) is 0 Å². The number of hydrogen-bond donors (Lipinski definition) is 2. The van der Waals surface area contributed by atoms with Crippen molar-refractivity contribution in [3.8, 4) is 0 Å². The molecule has 1 atom stereocenters. The molecule has 194 valence electrons. The summed E-state index contributed by atoms with van der Waals surface area (Å²) in [4.78, 5) is 30.3. The Morgan fingerprint density at radius 1 is 1.08 bits per heavy atom. The Bertz CT molecular complexity index is 1420. The minimum Gasteiger partial charge on any atom is -0.352 e. The highest BCUT2D eigenvalue weighted by Gasteiger charge is 2.40. The lowest BCUT2D eigenvalue weighted by atomic mass is 10.0. The summed E-state index contributed by atoms with van der Waals surface area (Å²) in [7, 11) is 1.62. The van der Waals surface area contributed by atoms with E-state index >= 15 is 0 Å². The zero-order chi connectivity index (χ0) is 26.9. The first-order chi connectivity index (χ1) is 17.7. The lowest BCUT2D eigenvalue weighted by Crippen LogP contribution is -2.49. The standard InChI is InChI=1S/C28H32FN5O2S/c1-7-18(4)33-19(5)26-24(30-23-13-12-17(3)14-22(23)29)16-25(35)32(6)27(26)34(28(33)36)21-11-9-10-20(15-21)31-37-8-2/h9-16,18,30-31H,5,7-8H2,1-4,6H3. The molecule has 37 heavy (non-hydrogen) atoms. The van der Waals surface area contributed by atoms with Crippen LogP contribution in [0.15, 0.2) is 59.9 Å². The lowest BCUT2D eigenvalue weighted by molar-refractivity contribution is 0.213. The number of anilines is 5. The minimum atomic E-state index is -0.435. The summed E-state index contributed by atoms with van der Waals surface area (Å²) >= 11 is 1.55. The van der Waals surface area contributed by atoms with Gasteiger partial charge in [0.1, 0.15) is 11.6 Å². The van der Waals surface area contributed by atoms with E-state index in [9.17, 15) is 14.0 Å². The number of aromatic nitrogens is 1. The maximum Gasteiger partial charge on any atom is 0.335 e. The molecule has 9 heteroatoms. The second kappa shape index (κ2) is 10.7. The van der Waals surface area contributed by atoms with Gasteiger partial charge in [-0.25, -0.2) is 14.1 Å². The topological polar surface area (TPSA) is 69.6 Å². The molecular formula is C28H32FN5O2S. The fourth-order valence-corrected chi connectivity index (χ4v) is 4.80. The molecule has 2 amide bonds. The number of fused-ring (bicyclic) bond motifs is 1. The van der Waals surface area contributed by atoms with Gasteiger partial charge in [-0.1, -0.05) is 44.5 Å². The van der Waals surface area contributed by atoms with Crippen molar-refractivity contribution in [2.24, 2.45) is 7.05 Å². The second-order valence-corrected chi connectivity index (χ2v) is 10.1. The number of carbonyl (C=O) groups is 1. The fraction of sp³-hybridized carbons (Fsp3) is 0.286.